The van der Waals surface area contributed by atoms with E-state index in [4.69, 9.17) is 4.84 Å². The molecule has 0 fully saturated rings. The summed E-state index contributed by atoms with van der Waals surface area (Å²) < 4.78 is 38.2. The van der Waals surface area contributed by atoms with Gasteiger partial charge in [0.25, 0.3) is 5.91 Å². The Morgan fingerprint density at radius 2 is 1.70 bits per heavy atom. The van der Waals surface area contributed by atoms with Crippen LogP contribution in [0, 0.1) is 0 Å². The molecule has 2 amide bonds. The number of hydrogen-bond donors (Lipinski definition) is 2. The molecular weight excluding hydrogens is 397 g/mol. The Labute approximate surface area is 170 Å². The SMILES string of the molecule is CC(NC(=O)CONC(=O)c1cccc(C(F)(F)F)c1)c1ccc2ccccc2c1. The lowest BCUT2D eigenvalue weighted by atomic mass is 10.0. The quantitative estimate of drug-likeness (QED) is 0.586. The topological polar surface area (TPSA) is 67.4 Å². The summed E-state index contributed by atoms with van der Waals surface area (Å²) in [5.74, 6) is -1.36. The molecule has 3 rings (SSSR count). The lowest BCUT2D eigenvalue weighted by Gasteiger charge is -2.15. The number of rotatable bonds is 6. The molecule has 0 saturated heterocycles. The van der Waals surface area contributed by atoms with E-state index in [1.54, 1.807) is 0 Å². The van der Waals surface area contributed by atoms with Crippen molar-refractivity contribution in [3.05, 3.63) is 83.4 Å². The Hall–Kier alpha value is -3.39. The first kappa shape index (κ1) is 21.3. The predicted octanol–water partition coefficient (Wildman–Crippen LogP) is 4.40. The Morgan fingerprint density at radius 3 is 2.43 bits per heavy atom. The molecule has 0 radical (unpaired) electrons. The molecule has 0 aliphatic heterocycles. The minimum atomic E-state index is -4.56. The summed E-state index contributed by atoms with van der Waals surface area (Å²) in [6.07, 6.45) is -4.56. The fourth-order valence-corrected chi connectivity index (χ4v) is 2.91. The van der Waals surface area contributed by atoms with Crippen LogP contribution in [0.1, 0.15) is 34.5 Å². The first-order chi connectivity index (χ1) is 14.2. The molecule has 0 saturated carbocycles. The van der Waals surface area contributed by atoms with Crippen molar-refractivity contribution in [2.75, 3.05) is 6.61 Å². The van der Waals surface area contributed by atoms with Crippen LogP contribution in [0.25, 0.3) is 10.8 Å². The maximum absolute atomic E-state index is 12.7. The van der Waals surface area contributed by atoms with Crippen molar-refractivity contribution in [1.29, 1.82) is 0 Å². The second kappa shape index (κ2) is 8.96. The average molecular weight is 416 g/mol. The minimum absolute atomic E-state index is 0.227. The number of halogens is 3. The van der Waals surface area contributed by atoms with Gasteiger partial charge in [-0.15, -0.1) is 0 Å². The van der Waals surface area contributed by atoms with Gasteiger partial charge < -0.3 is 5.32 Å². The van der Waals surface area contributed by atoms with Crippen LogP contribution >= 0.6 is 0 Å². The van der Waals surface area contributed by atoms with E-state index in [1.165, 1.54) is 6.07 Å². The highest BCUT2D eigenvalue weighted by Crippen LogP contribution is 2.29. The first-order valence-corrected chi connectivity index (χ1v) is 9.11. The monoisotopic (exact) mass is 416 g/mol. The van der Waals surface area contributed by atoms with E-state index in [0.29, 0.717) is 6.07 Å². The number of carbonyl (C=O) groups is 2. The van der Waals surface area contributed by atoms with Gasteiger partial charge in [-0.1, -0.05) is 42.5 Å². The summed E-state index contributed by atoms with van der Waals surface area (Å²) >= 11 is 0. The molecule has 2 N–H and O–H groups in total. The summed E-state index contributed by atoms with van der Waals surface area (Å²) in [5.41, 5.74) is 1.70. The molecule has 5 nitrogen and oxygen atoms in total. The van der Waals surface area contributed by atoms with Crippen LogP contribution in [-0.4, -0.2) is 18.4 Å². The van der Waals surface area contributed by atoms with E-state index in [9.17, 15) is 22.8 Å². The van der Waals surface area contributed by atoms with E-state index in [2.05, 4.69) is 5.32 Å². The lowest BCUT2D eigenvalue weighted by molar-refractivity contribution is -0.137. The van der Waals surface area contributed by atoms with Gasteiger partial charge in [0, 0.05) is 5.56 Å². The summed E-state index contributed by atoms with van der Waals surface area (Å²) in [5, 5.41) is 4.87. The molecule has 0 bridgehead atoms. The van der Waals surface area contributed by atoms with Crippen molar-refractivity contribution in [3.8, 4) is 0 Å². The van der Waals surface area contributed by atoms with Gasteiger partial charge >= 0.3 is 6.18 Å². The molecule has 0 heterocycles. The number of hydrogen-bond acceptors (Lipinski definition) is 3. The van der Waals surface area contributed by atoms with Gasteiger partial charge in [-0.05, 0) is 47.5 Å². The number of alkyl halides is 3. The van der Waals surface area contributed by atoms with Crippen LogP contribution in [0.15, 0.2) is 66.7 Å². The lowest BCUT2D eigenvalue weighted by Crippen LogP contribution is -2.34. The molecule has 156 valence electrons. The molecular formula is C22H19F3N2O3. The van der Waals surface area contributed by atoms with Crippen LogP contribution in [-0.2, 0) is 15.8 Å². The smallest absolute Gasteiger partial charge is 0.347 e. The van der Waals surface area contributed by atoms with Gasteiger partial charge in [0.05, 0.1) is 11.6 Å². The highest BCUT2D eigenvalue weighted by Gasteiger charge is 2.30. The summed E-state index contributed by atoms with van der Waals surface area (Å²) in [6.45, 7) is 1.33. The van der Waals surface area contributed by atoms with Crippen molar-refractivity contribution in [2.45, 2.75) is 19.1 Å². The summed E-state index contributed by atoms with van der Waals surface area (Å²) in [7, 11) is 0. The van der Waals surface area contributed by atoms with Crippen molar-refractivity contribution in [1.82, 2.24) is 10.8 Å². The van der Waals surface area contributed by atoms with Crippen molar-refractivity contribution in [3.63, 3.8) is 0 Å². The third-order valence-electron chi connectivity index (χ3n) is 4.47. The number of nitrogens with one attached hydrogen (secondary N) is 2. The zero-order valence-electron chi connectivity index (χ0n) is 16.0. The van der Waals surface area contributed by atoms with Gasteiger partial charge in [0.15, 0.2) is 6.61 Å². The number of benzene rings is 3. The van der Waals surface area contributed by atoms with Crippen LogP contribution < -0.4 is 10.8 Å². The average Bonchev–Trinajstić information content (AvgIpc) is 2.72. The van der Waals surface area contributed by atoms with Gasteiger partial charge in [-0.25, -0.2) is 5.48 Å². The third kappa shape index (κ3) is 5.36. The van der Waals surface area contributed by atoms with E-state index >= 15 is 0 Å². The Kier molecular flexibility index (Phi) is 6.37. The number of carbonyl (C=O) groups excluding carboxylic acids is 2. The second-order valence-electron chi connectivity index (χ2n) is 6.69. The van der Waals surface area contributed by atoms with Gasteiger partial charge in [0.1, 0.15) is 0 Å². The molecule has 0 aliphatic carbocycles. The largest absolute Gasteiger partial charge is 0.416 e. The fourth-order valence-electron chi connectivity index (χ4n) is 2.91. The van der Waals surface area contributed by atoms with E-state index in [1.807, 2.05) is 54.9 Å². The number of fused-ring (bicyclic) bond motifs is 1. The molecule has 1 unspecified atom stereocenters. The maximum atomic E-state index is 12.7. The van der Waals surface area contributed by atoms with Gasteiger partial charge in [-0.3, -0.25) is 14.4 Å². The van der Waals surface area contributed by atoms with E-state index < -0.39 is 30.2 Å². The third-order valence-corrected chi connectivity index (χ3v) is 4.47. The van der Waals surface area contributed by atoms with Gasteiger partial charge in [-0.2, -0.15) is 13.2 Å². The molecule has 0 aromatic heterocycles. The molecule has 3 aromatic carbocycles. The zero-order valence-corrected chi connectivity index (χ0v) is 16.0. The first-order valence-electron chi connectivity index (χ1n) is 9.11. The normalized spacial score (nSPS) is 12.4. The molecule has 0 aliphatic rings. The molecule has 1 atom stereocenters. The molecule has 3 aromatic rings. The van der Waals surface area contributed by atoms with Gasteiger partial charge in [0.2, 0.25) is 5.91 Å². The maximum Gasteiger partial charge on any atom is 0.416 e. The Bertz CT molecular complexity index is 1070. The Balaban J connectivity index is 1.51. The minimum Gasteiger partial charge on any atom is -0.347 e. The highest BCUT2D eigenvalue weighted by molar-refractivity contribution is 5.93. The Morgan fingerprint density at radius 1 is 0.967 bits per heavy atom. The van der Waals surface area contributed by atoms with Crippen LogP contribution in [0.3, 0.4) is 0 Å². The fraction of sp³-hybridized carbons (Fsp3) is 0.182. The van der Waals surface area contributed by atoms with E-state index in [-0.39, 0.29) is 11.6 Å². The van der Waals surface area contributed by atoms with Crippen LogP contribution in [0.4, 0.5) is 13.2 Å². The zero-order chi connectivity index (χ0) is 21.7. The highest BCUT2D eigenvalue weighted by atomic mass is 19.4. The van der Waals surface area contributed by atoms with Crippen molar-refractivity contribution in [2.24, 2.45) is 0 Å². The predicted molar refractivity (Wildman–Crippen MR) is 105 cm³/mol. The molecule has 0 spiro atoms. The summed E-state index contributed by atoms with van der Waals surface area (Å²) in [4.78, 5) is 28.8. The van der Waals surface area contributed by atoms with Crippen LogP contribution in [0.5, 0.6) is 0 Å². The van der Waals surface area contributed by atoms with Crippen molar-refractivity contribution < 1.29 is 27.6 Å². The summed E-state index contributed by atoms with van der Waals surface area (Å²) in [6, 6.07) is 17.3. The standard InChI is InChI=1S/C22H19F3N2O3/c1-14(16-10-9-15-5-2-3-6-17(15)11-16)26-20(28)13-30-27-21(29)18-7-4-8-19(12-18)22(23,24)25/h2-12,14H,13H2,1H3,(H,26,28)(H,27,29). The molecule has 8 heteroatoms. The second-order valence-corrected chi connectivity index (χ2v) is 6.69. The van der Waals surface area contributed by atoms with Crippen LogP contribution in [0.2, 0.25) is 0 Å². The molecule has 30 heavy (non-hydrogen) atoms. The van der Waals surface area contributed by atoms with E-state index in [0.717, 1.165) is 28.5 Å². The number of hydroxylamine groups is 1. The number of amides is 2. The van der Waals surface area contributed by atoms with Crippen molar-refractivity contribution >= 4 is 22.6 Å².